The summed E-state index contributed by atoms with van der Waals surface area (Å²) in [5.74, 6) is 0.816. The second-order valence-electron chi connectivity index (χ2n) is 7.21. The third kappa shape index (κ3) is 3.92. The van der Waals surface area contributed by atoms with Crippen molar-refractivity contribution in [2.75, 3.05) is 20.8 Å². The zero-order valence-electron chi connectivity index (χ0n) is 17.2. The van der Waals surface area contributed by atoms with Crippen LogP contribution in [-0.2, 0) is 17.5 Å². The molecule has 30 heavy (non-hydrogen) atoms. The highest BCUT2D eigenvalue weighted by atomic mass is 19.4. The van der Waals surface area contributed by atoms with Crippen LogP contribution in [0.15, 0.2) is 30.3 Å². The van der Waals surface area contributed by atoms with E-state index in [4.69, 9.17) is 9.47 Å². The quantitative estimate of drug-likeness (QED) is 0.486. The Kier molecular flexibility index (Phi) is 6.17. The number of hydrogen-bond acceptors (Lipinski definition) is 4. The molecule has 0 amide bonds. The van der Waals surface area contributed by atoms with Gasteiger partial charge in [-0.1, -0.05) is 38.1 Å². The molecule has 0 aliphatic rings. The molecule has 1 heterocycles. The van der Waals surface area contributed by atoms with E-state index in [1.807, 2.05) is 24.3 Å². The molecule has 1 aromatic heterocycles. The van der Waals surface area contributed by atoms with E-state index in [9.17, 15) is 18.0 Å². The zero-order valence-corrected chi connectivity index (χ0v) is 17.2. The molecule has 0 saturated heterocycles. The number of alkyl halides is 3. The lowest BCUT2D eigenvalue weighted by Crippen LogP contribution is -2.11. The Labute approximate surface area is 172 Å². The van der Waals surface area contributed by atoms with Gasteiger partial charge in [-0.05, 0) is 17.5 Å². The number of aromatic nitrogens is 2. The topological polar surface area (TPSA) is 53.4 Å². The standard InChI is InChI=1S/C22H23F3N2O3/c1-13(2)14-5-7-15(8-6-14)21-26-19-18(22(23,24)25)16(12-28)11-17(30-4)20(19)27(21)9-10-29-3/h5-8,11-13H,9-10H2,1-4H3. The number of fused-ring (bicyclic) bond motifs is 1. The fourth-order valence-corrected chi connectivity index (χ4v) is 3.48. The number of halogens is 3. The Balaban J connectivity index is 2.38. The Morgan fingerprint density at radius 1 is 1.17 bits per heavy atom. The van der Waals surface area contributed by atoms with Crippen LogP contribution in [-0.4, -0.2) is 36.7 Å². The molecule has 0 N–H and O–H groups in total. The van der Waals surface area contributed by atoms with Gasteiger partial charge in [0.05, 0.1) is 19.3 Å². The number of carbonyl (C=O) groups is 1. The number of hydrogen-bond donors (Lipinski definition) is 0. The highest BCUT2D eigenvalue weighted by Gasteiger charge is 2.38. The van der Waals surface area contributed by atoms with Gasteiger partial charge in [0.2, 0.25) is 0 Å². The van der Waals surface area contributed by atoms with E-state index in [-0.39, 0.29) is 36.2 Å². The van der Waals surface area contributed by atoms with Crippen molar-refractivity contribution in [3.8, 4) is 17.1 Å². The van der Waals surface area contributed by atoms with E-state index in [0.29, 0.717) is 17.3 Å². The Morgan fingerprint density at radius 3 is 2.33 bits per heavy atom. The third-order valence-electron chi connectivity index (χ3n) is 5.00. The molecular weight excluding hydrogens is 397 g/mol. The maximum atomic E-state index is 13.9. The van der Waals surface area contributed by atoms with Crippen molar-refractivity contribution < 1.29 is 27.4 Å². The van der Waals surface area contributed by atoms with Crippen LogP contribution in [0.25, 0.3) is 22.4 Å². The summed E-state index contributed by atoms with van der Waals surface area (Å²) in [5, 5.41) is 0. The first-order valence-electron chi connectivity index (χ1n) is 9.45. The van der Waals surface area contributed by atoms with Gasteiger partial charge in [0.1, 0.15) is 22.6 Å². The smallest absolute Gasteiger partial charge is 0.419 e. The molecule has 0 radical (unpaired) electrons. The van der Waals surface area contributed by atoms with E-state index >= 15 is 0 Å². The summed E-state index contributed by atoms with van der Waals surface area (Å²) in [6.45, 7) is 4.65. The second kappa shape index (κ2) is 8.47. The monoisotopic (exact) mass is 420 g/mol. The molecule has 0 atom stereocenters. The van der Waals surface area contributed by atoms with E-state index < -0.39 is 17.3 Å². The van der Waals surface area contributed by atoms with Gasteiger partial charge in [-0.2, -0.15) is 13.2 Å². The van der Waals surface area contributed by atoms with Gasteiger partial charge >= 0.3 is 6.18 Å². The molecule has 0 spiro atoms. The van der Waals surface area contributed by atoms with Crippen LogP contribution in [0.4, 0.5) is 13.2 Å². The molecule has 8 heteroatoms. The van der Waals surface area contributed by atoms with Crippen LogP contribution < -0.4 is 4.74 Å². The molecule has 0 aliphatic carbocycles. The van der Waals surface area contributed by atoms with Crippen molar-refractivity contribution in [1.29, 1.82) is 0 Å². The maximum Gasteiger partial charge on any atom is 0.419 e. The van der Waals surface area contributed by atoms with E-state index in [1.54, 1.807) is 4.57 Å². The molecule has 3 rings (SSSR count). The molecule has 0 aliphatic heterocycles. The first-order chi connectivity index (χ1) is 14.2. The lowest BCUT2D eigenvalue weighted by atomic mass is 10.0. The Bertz CT molecular complexity index is 1050. The van der Waals surface area contributed by atoms with Crippen LogP contribution in [0.2, 0.25) is 0 Å². The van der Waals surface area contributed by atoms with E-state index in [1.165, 1.54) is 14.2 Å². The van der Waals surface area contributed by atoms with Crippen molar-refractivity contribution in [2.45, 2.75) is 32.5 Å². The van der Waals surface area contributed by atoms with E-state index in [0.717, 1.165) is 11.6 Å². The summed E-state index contributed by atoms with van der Waals surface area (Å²) >= 11 is 0. The summed E-state index contributed by atoms with van der Waals surface area (Å²) < 4.78 is 53.7. The largest absolute Gasteiger partial charge is 0.494 e. The number of carbonyl (C=O) groups excluding carboxylic acids is 1. The summed E-state index contributed by atoms with van der Waals surface area (Å²) in [6, 6.07) is 8.63. The zero-order chi connectivity index (χ0) is 22.1. The molecule has 0 fully saturated rings. The average Bonchev–Trinajstić information content (AvgIpc) is 3.09. The summed E-state index contributed by atoms with van der Waals surface area (Å²) in [5.41, 5.74) is 0.0532. The van der Waals surface area contributed by atoms with Crippen LogP contribution in [0.3, 0.4) is 0 Å². The normalized spacial score (nSPS) is 12.0. The molecule has 2 aromatic carbocycles. The number of imidazole rings is 1. The van der Waals surface area contributed by atoms with Crippen molar-refractivity contribution in [3.05, 3.63) is 47.0 Å². The third-order valence-corrected chi connectivity index (χ3v) is 5.00. The second-order valence-corrected chi connectivity index (χ2v) is 7.21. The molecule has 0 unspecified atom stereocenters. The molecule has 5 nitrogen and oxygen atoms in total. The van der Waals surface area contributed by atoms with Crippen molar-refractivity contribution >= 4 is 17.3 Å². The van der Waals surface area contributed by atoms with Gasteiger partial charge in [-0.3, -0.25) is 4.79 Å². The van der Waals surface area contributed by atoms with Gasteiger partial charge in [0.25, 0.3) is 0 Å². The van der Waals surface area contributed by atoms with Crippen LogP contribution in [0.1, 0.15) is 41.3 Å². The fourth-order valence-electron chi connectivity index (χ4n) is 3.48. The van der Waals surface area contributed by atoms with Gasteiger partial charge in [0.15, 0.2) is 6.29 Å². The molecule has 3 aromatic rings. The van der Waals surface area contributed by atoms with Crippen molar-refractivity contribution in [3.63, 3.8) is 0 Å². The van der Waals surface area contributed by atoms with Crippen molar-refractivity contribution in [2.24, 2.45) is 0 Å². The van der Waals surface area contributed by atoms with Gasteiger partial charge in [0, 0.05) is 24.8 Å². The fraction of sp³-hybridized carbons (Fsp3) is 0.364. The van der Waals surface area contributed by atoms with Gasteiger partial charge in [-0.25, -0.2) is 4.98 Å². The lowest BCUT2D eigenvalue weighted by Gasteiger charge is -2.14. The molecule has 0 saturated carbocycles. The number of aldehydes is 1. The predicted molar refractivity (Wildman–Crippen MR) is 108 cm³/mol. The summed E-state index contributed by atoms with van der Waals surface area (Å²) in [4.78, 5) is 15.8. The minimum atomic E-state index is -4.75. The predicted octanol–water partition coefficient (Wildman–Crippen LogP) is 5.31. The summed E-state index contributed by atoms with van der Waals surface area (Å²) in [6.07, 6.45) is -4.57. The molecule has 160 valence electrons. The van der Waals surface area contributed by atoms with Crippen LogP contribution in [0, 0.1) is 0 Å². The SMILES string of the molecule is COCCn1c(-c2ccc(C(C)C)cc2)nc2c(C(F)(F)F)c(C=O)cc(OC)c21. The number of benzene rings is 2. The van der Waals surface area contributed by atoms with E-state index in [2.05, 4.69) is 18.8 Å². The molecular formula is C22H23F3N2O3. The highest BCUT2D eigenvalue weighted by molar-refractivity contribution is 5.96. The summed E-state index contributed by atoms with van der Waals surface area (Å²) in [7, 11) is 2.86. The minimum absolute atomic E-state index is 0.147. The average molecular weight is 420 g/mol. The van der Waals surface area contributed by atoms with Crippen LogP contribution >= 0.6 is 0 Å². The van der Waals surface area contributed by atoms with Crippen LogP contribution in [0.5, 0.6) is 5.75 Å². The van der Waals surface area contributed by atoms with Gasteiger partial charge < -0.3 is 14.0 Å². The number of nitrogens with zero attached hydrogens (tertiary/aromatic N) is 2. The maximum absolute atomic E-state index is 13.9. The van der Waals surface area contributed by atoms with Gasteiger partial charge in [-0.15, -0.1) is 0 Å². The Morgan fingerprint density at radius 2 is 1.83 bits per heavy atom. The first kappa shape index (κ1) is 21.8. The number of rotatable bonds is 7. The Hall–Kier alpha value is -2.87. The van der Waals surface area contributed by atoms with Crippen molar-refractivity contribution in [1.82, 2.24) is 9.55 Å². The highest BCUT2D eigenvalue weighted by Crippen LogP contribution is 2.42. The number of methoxy groups -OCH3 is 2. The molecule has 0 bridgehead atoms. The minimum Gasteiger partial charge on any atom is -0.494 e. The lowest BCUT2D eigenvalue weighted by molar-refractivity contribution is -0.136. The first-order valence-corrected chi connectivity index (χ1v) is 9.45. The number of ether oxygens (including phenoxy) is 2.